The van der Waals surface area contributed by atoms with Gasteiger partial charge in [0, 0.05) is 12.8 Å². The van der Waals surface area contributed by atoms with Gasteiger partial charge in [-0.15, -0.1) is 0 Å². The molecular weight excluding hydrogens is 182 g/mol. The lowest BCUT2D eigenvalue weighted by molar-refractivity contribution is -0.159. The molecule has 1 unspecified atom stereocenters. The third-order valence-corrected chi connectivity index (χ3v) is 2.64. The van der Waals surface area contributed by atoms with Gasteiger partial charge in [0.25, 0.3) is 0 Å². The predicted molar refractivity (Wildman–Crippen MR) is 52.8 cm³/mol. The summed E-state index contributed by atoms with van der Waals surface area (Å²) in [6, 6.07) is 0. The molecule has 14 heavy (non-hydrogen) atoms. The van der Waals surface area contributed by atoms with Crippen LogP contribution in [-0.4, -0.2) is 30.8 Å². The molecule has 0 aromatic heterocycles. The molecule has 0 amide bonds. The highest BCUT2D eigenvalue weighted by atomic mass is 16.6. The largest absolute Gasteiger partial charge is 0.461 e. The zero-order chi connectivity index (χ0) is 10.6. The fourth-order valence-electron chi connectivity index (χ4n) is 1.22. The molecule has 1 atom stereocenters. The average Bonchev–Trinajstić information content (AvgIpc) is 2.19. The van der Waals surface area contributed by atoms with E-state index in [9.17, 15) is 4.79 Å². The molecule has 4 heteroatoms. The van der Waals surface area contributed by atoms with Gasteiger partial charge in [-0.1, -0.05) is 6.92 Å². The molecule has 82 valence electrons. The minimum Gasteiger partial charge on any atom is -0.461 e. The maximum atomic E-state index is 11.6. The summed E-state index contributed by atoms with van der Waals surface area (Å²) in [6.45, 7) is 4.93. The summed E-state index contributed by atoms with van der Waals surface area (Å²) in [7, 11) is 0. The van der Waals surface area contributed by atoms with Crippen molar-refractivity contribution >= 4 is 5.97 Å². The number of hydrogen-bond acceptors (Lipinski definition) is 4. The van der Waals surface area contributed by atoms with E-state index in [4.69, 9.17) is 15.2 Å². The molecule has 0 saturated carbocycles. The van der Waals surface area contributed by atoms with Gasteiger partial charge in [0.2, 0.25) is 0 Å². The second kappa shape index (κ2) is 4.75. The van der Waals surface area contributed by atoms with Crippen molar-refractivity contribution in [2.45, 2.75) is 44.8 Å². The van der Waals surface area contributed by atoms with Crippen LogP contribution in [0.4, 0.5) is 0 Å². The van der Waals surface area contributed by atoms with E-state index < -0.39 is 5.54 Å². The van der Waals surface area contributed by atoms with Gasteiger partial charge in [-0.05, 0) is 13.3 Å². The van der Waals surface area contributed by atoms with E-state index in [-0.39, 0.29) is 12.1 Å². The topological polar surface area (TPSA) is 61.6 Å². The fourth-order valence-corrected chi connectivity index (χ4v) is 1.22. The van der Waals surface area contributed by atoms with Crippen LogP contribution in [0.3, 0.4) is 0 Å². The Hall–Kier alpha value is -0.610. The smallest absolute Gasteiger partial charge is 0.326 e. The Bertz CT molecular complexity index is 198. The number of carbonyl (C=O) groups excluding carboxylic acids is 1. The van der Waals surface area contributed by atoms with Gasteiger partial charge in [-0.3, -0.25) is 4.79 Å². The van der Waals surface area contributed by atoms with Crippen molar-refractivity contribution in [3.05, 3.63) is 0 Å². The SMILES string of the molecule is CCC(C)(N)C(=O)OC1CCOCC1. The van der Waals surface area contributed by atoms with Crippen molar-refractivity contribution in [3.8, 4) is 0 Å². The van der Waals surface area contributed by atoms with Gasteiger partial charge in [-0.2, -0.15) is 0 Å². The van der Waals surface area contributed by atoms with Crippen molar-refractivity contribution in [3.63, 3.8) is 0 Å². The Morgan fingerprint density at radius 1 is 1.57 bits per heavy atom. The highest BCUT2D eigenvalue weighted by molar-refractivity contribution is 5.80. The summed E-state index contributed by atoms with van der Waals surface area (Å²) in [5.74, 6) is -0.299. The Labute approximate surface area is 84.7 Å². The van der Waals surface area contributed by atoms with Gasteiger partial charge in [0.15, 0.2) is 0 Å². The molecule has 0 spiro atoms. The third kappa shape index (κ3) is 2.96. The molecule has 0 aromatic rings. The summed E-state index contributed by atoms with van der Waals surface area (Å²) in [5.41, 5.74) is 4.92. The first-order valence-corrected chi connectivity index (χ1v) is 5.14. The van der Waals surface area contributed by atoms with Crippen LogP contribution < -0.4 is 5.73 Å². The molecule has 0 aliphatic carbocycles. The van der Waals surface area contributed by atoms with E-state index in [2.05, 4.69) is 0 Å². The molecule has 0 bridgehead atoms. The van der Waals surface area contributed by atoms with E-state index >= 15 is 0 Å². The maximum absolute atomic E-state index is 11.6. The highest BCUT2D eigenvalue weighted by Gasteiger charge is 2.30. The molecule has 1 saturated heterocycles. The lowest BCUT2D eigenvalue weighted by atomic mass is 10.0. The molecule has 1 aliphatic rings. The van der Waals surface area contributed by atoms with E-state index in [0.29, 0.717) is 19.6 Å². The summed E-state index contributed by atoms with van der Waals surface area (Å²) in [4.78, 5) is 11.6. The van der Waals surface area contributed by atoms with Gasteiger partial charge in [0.05, 0.1) is 13.2 Å². The van der Waals surface area contributed by atoms with E-state index in [0.717, 1.165) is 12.8 Å². The zero-order valence-corrected chi connectivity index (χ0v) is 8.91. The van der Waals surface area contributed by atoms with Crippen LogP contribution in [0.1, 0.15) is 33.1 Å². The first kappa shape index (κ1) is 11.5. The van der Waals surface area contributed by atoms with E-state index in [1.807, 2.05) is 6.92 Å². The van der Waals surface area contributed by atoms with E-state index in [1.54, 1.807) is 6.92 Å². The fraction of sp³-hybridized carbons (Fsp3) is 0.900. The predicted octanol–water partition coefficient (Wildman–Crippen LogP) is 0.836. The second-order valence-corrected chi connectivity index (χ2v) is 3.99. The molecule has 4 nitrogen and oxygen atoms in total. The molecule has 0 radical (unpaired) electrons. The molecule has 1 rings (SSSR count). The monoisotopic (exact) mass is 201 g/mol. The minimum absolute atomic E-state index is 0.00863. The first-order chi connectivity index (χ1) is 6.56. The second-order valence-electron chi connectivity index (χ2n) is 3.99. The van der Waals surface area contributed by atoms with Crippen LogP contribution >= 0.6 is 0 Å². The Kier molecular flexibility index (Phi) is 3.89. The van der Waals surface area contributed by atoms with Crippen LogP contribution in [0.15, 0.2) is 0 Å². The highest BCUT2D eigenvalue weighted by Crippen LogP contribution is 2.15. The van der Waals surface area contributed by atoms with Crippen molar-refractivity contribution in [2.24, 2.45) is 5.73 Å². The van der Waals surface area contributed by atoms with Gasteiger partial charge in [0.1, 0.15) is 11.6 Å². The molecule has 0 aromatic carbocycles. The summed E-state index contributed by atoms with van der Waals surface area (Å²) < 4.78 is 10.5. The average molecular weight is 201 g/mol. The number of esters is 1. The molecule has 2 N–H and O–H groups in total. The zero-order valence-electron chi connectivity index (χ0n) is 8.91. The van der Waals surface area contributed by atoms with Crippen LogP contribution in [0.2, 0.25) is 0 Å². The lowest BCUT2D eigenvalue weighted by Crippen LogP contribution is -2.47. The minimum atomic E-state index is -0.849. The van der Waals surface area contributed by atoms with Crippen LogP contribution in [0.25, 0.3) is 0 Å². The van der Waals surface area contributed by atoms with Gasteiger partial charge < -0.3 is 15.2 Å². The van der Waals surface area contributed by atoms with Crippen LogP contribution in [0, 0.1) is 0 Å². The molecule has 1 fully saturated rings. The Morgan fingerprint density at radius 2 is 2.14 bits per heavy atom. The van der Waals surface area contributed by atoms with Crippen molar-refractivity contribution in [2.75, 3.05) is 13.2 Å². The van der Waals surface area contributed by atoms with E-state index in [1.165, 1.54) is 0 Å². The van der Waals surface area contributed by atoms with Gasteiger partial charge in [-0.25, -0.2) is 0 Å². The van der Waals surface area contributed by atoms with Gasteiger partial charge >= 0.3 is 5.97 Å². The number of nitrogens with two attached hydrogens (primary N) is 1. The van der Waals surface area contributed by atoms with Crippen molar-refractivity contribution < 1.29 is 14.3 Å². The summed E-state index contributed by atoms with van der Waals surface area (Å²) >= 11 is 0. The van der Waals surface area contributed by atoms with Crippen LogP contribution in [0.5, 0.6) is 0 Å². The number of rotatable bonds is 3. The normalized spacial score (nSPS) is 22.8. The molecule has 1 heterocycles. The lowest BCUT2D eigenvalue weighted by Gasteiger charge is -2.27. The molecule has 1 aliphatic heterocycles. The number of ether oxygens (including phenoxy) is 2. The summed E-state index contributed by atoms with van der Waals surface area (Å²) in [6.07, 6.45) is 2.15. The summed E-state index contributed by atoms with van der Waals surface area (Å²) in [5, 5.41) is 0. The quantitative estimate of drug-likeness (QED) is 0.687. The Morgan fingerprint density at radius 3 is 2.64 bits per heavy atom. The number of hydrogen-bond donors (Lipinski definition) is 1. The van der Waals surface area contributed by atoms with Crippen LogP contribution in [-0.2, 0) is 14.3 Å². The third-order valence-electron chi connectivity index (χ3n) is 2.64. The maximum Gasteiger partial charge on any atom is 0.326 e. The first-order valence-electron chi connectivity index (χ1n) is 5.14. The number of carbonyl (C=O) groups is 1. The molecular formula is C10H19NO3. The van der Waals surface area contributed by atoms with Crippen molar-refractivity contribution in [1.29, 1.82) is 0 Å². The standard InChI is InChI=1S/C10H19NO3/c1-3-10(2,11)9(12)14-8-4-6-13-7-5-8/h8H,3-7,11H2,1-2H3. The van der Waals surface area contributed by atoms with Crippen molar-refractivity contribution in [1.82, 2.24) is 0 Å². The Balaban J connectivity index is 2.39.